The number of carbonyl (C=O) groups excluding carboxylic acids is 3. The Balaban J connectivity index is 1.51. The Morgan fingerprint density at radius 3 is 2.23 bits per heavy atom. The minimum absolute atomic E-state index is 0.205. The average Bonchev–Trinajstić information content (AvgIpc) is 2.97. The molecule has 3 amide bonds. The molecule has 8 heteroatoms. The van der Waals surface area contributed by atoms with Crippen LogP contribution in [-0.2, 0) is 16.0 Å². The summed E-state index contributed by atoms with van der Waals surface area (Å²) in [6.45, 7) is 1.56. The number of carbonyl (C=O) groups is 3. The molecule has 0 radical (unpaired) electrons. The van der Waals surface area contributed by atoms with Gasteiger partial charge in [0, 0.05) is 17.7 Å². The molecule has 8 nitrogen and oxygen atoms in total. The van der Waals surface area contributed by atoms with Gasteiger partial charge in [-0.15, -0.1) is 0 Å². The normalized spacial score (nSPS) is 12.0. The molecule has 0 aliphatic carbocycles. The van der Waals surface area contributed by atoms with Crippen LogP contribution in [0.5, 0.6) is 5.75 Å². The highest BCUT2D eigenvalue weighted by molar-refractivity contribution is 6.08. The summed E-state index contributed by atoms with van der Waals surface area (Å²) < 4.78 is 5.22. The number of ether oxygens (including phenoxy) is 1. The summed E-state index contributed by atoms with van der Waals surface area (Å²) in [5, 5.41) is 18.9. The van der Waals surface area contributed by atoms with E-state index in [9.17, 15) is 14.4 Å². The van der Waals surface area contributed by atoms with Gasteiger partial charge in [0.05, 0.1) is 18.7 Å². The van der Waals surface area contributed by atoms with Crippen molar-refractivity contribution in [1.29, 1.82) is 5.26 Å². The molecule has 0 bridgehead atoms. The van der Waals surface area contributed by atoms with E-state index in [2.05, 4.69) is 16.0 Å². The number of methoxy groups -OCH3 is 1. The number of amides is 3. The number of hydrogen-bond acceptors (Lipinski definition) is 5. The first-order chi connectivity index (χ1) is 18.9. The largest absolute Gasteiger partial charge is 0.497 e. The second-order valence-corrected chi connectivity index (χ2v) is 9.01. The van der Waals surface area contributed by atoms with Crippen molar-refractivity contribution < 1.29 is 19.1 Å². The molecule has 0 aromatic heterocycles. The second-order valence-electron chi connectivity index (χ2n) is 9.01. The van der Waals surface area contributed by atoms with Crippen LogP contribution >= 0.6 is 0 Å². The van der Waals surface area contributed by atoms with Crippen LogP contribution in [0.25, 0.3) is 10.8 Å². The fourth-order valence-corrected chi connectivity index (χ4v) is 4.12. The van der Waals surface area contributed by atoms with Crippen LogP contribution in [-0.4, -0.2) is 36.9 Å². The third kappa shape index (κ3) is 6.79. The van der Waals surface area contributed by atoms with Gasteiger partial charge < -0.3 is 20.7 Å². The van der Waals surface area contributed by atoms with Crippen molar-refractivity contribution in [3.63, 3.8) is 0 Å². The fourth-order valence-electron chi connectivity index (χ4n) is 4.12. The Hall–Kier alpha value is -5.16. The minimum Gasteiger partial charge on any atom is -0.497 e. The molecule has 0 fully saturated rings. The maximum atomic E-state index is 13.4. The molecule has 4 aromatic carbocycles. The monoisotopic (exact) mass is 520 g/mol. The Kier molecular flexibility index (Phi) is 8.54. The smallest absolute Gasteiger partial charge is 0.252 e. The Morgan fingerprint density at radius 2 is 1.54 bits per heavy atom. The summed E-state index contributed by atoms with van der Waals surface area (Å²) in [4.78, 5) is 39.5. The first-order valence-electron chi connectivity index (χ1n) is 12.4. The van der Waals surface area contributed by atoms with E-state index in [1.807, 2.05) is 48.5 Å². The lowest BCUT2D eigenvalue weighted by atomic mass is 10.0. The molecular formula is C31H28N4O4. The number of nitriles is 1. The second kappa shape index (κ2) is 12.4. The lowest BCUT2D eigenvalue weighted by Gasteiger charge is -2.22. The van der Waals surface area contributed by atoms with Crippen molar-refractivity contribution in [2.24, 2.45) is 0 Å². The van der Waals surface area contributed by atoms with E-state index < -0.39 is 29.8 Å². The van der Waals surface area contributed by atoms with Crippen molar-refractivity contribution in [3.05, 3.63) is 108 Å². The predicted molar refractivity (Wildman–Crippen MR) is 149 cm³/mol. The molecule has 0 unspecified atom stereocenters. The Labute approximate surface area is 226 Å². The summed E-state index contributed by atoms with van der Waals surface area (Å²) in [5.74, 6) is -0.652. The third-order valence-corrected chi connectivity index (χ3v) is 6.29. The van der Waals surface area contributed by atoms with Gasteiger partial charge in [0.2, 0.25) is 11.8 Å². The van der Waals surface area contributed by atoms with Crippen molar-refractivity contribution in [1.82, 2.24) is 10.6 Å². The summed E-state index contributed by atoms with van der Waals surface area (Å²) in [7, 11) is 1.57. The molecule has 4 rings (SSSR count). The van der Waals surface area contributed by atoms with Crippen LogP contribution in [0.3, 0.4) is 0 Å². The summed E-state index contributed by atoms with van der Waals surface area (Å²) in [5.41, 5.74) is 2.23. The zero-order valence-corrected chi connectivity index (χ0v) is 21.6. The summed E-state index contributed by atoms with van der Waals surface area (Å²) >= 11 is 0. The van der Waals surface area contributed by atoms with Gasteiger partial charge >= 0.3 is 0 Å². The Bertz CT molecular complexity index is 1520. The SMILES string of the molecule is COc1ccc(C[C@H](NC(=O)c2cccc3ccccc23)C(=O)N[C@@H](C)C(=O)Nc2ccc(C#N)cc2)cc1. The number of benzene rings is 4. The first kappa shape index (κ1) is 26.9. The van der Waals surface area contributed by atoms with Crippen LogP contribution in [0, 0.1) is 11.3 Å². The van der Waals surface area contributed by atoms with Gasteiger partial charge in [0.25, 0.3) is 5.91 Å². The summed E-state index contributed by atoms with van der Waals surface area (Å²) in [6.07, 6.45) is 0.205. The van der Waals surface area contributed by atoms with Crippen LogP contribution in [0.4, 0.5) is 5.69 Å². The van der Waals surface area contributed by atoms with Crippen molar-refractivity contribution in [2.45, 2.75) is 25.4 Å². The topological polar surface area (TPSA) is 120 Å². The molecule has 2 atom stereocenters. The van der Waals surface area contributed by atoms with E-state index in [0.29, 0.717) is 22.6 Å². The van der Waals surface area contributed by atoms with E-state index in [-0.39, 0.29) is 6.42 Å². The molecule has 0 spiro atoms. The zero-order chi connectivity index (χ0) is 27.8. The highest BCUT2D eigenvalue weighted by atomic mass is 16.5. The Morgan fingerprint density at radius 1 is 0.846 bits per heavy atom. The van der Waals surface area contributed by atoms with Crippen molar-refractivity contribution in [2.75, 3.05) is 12.4 Å². The molecule has 4 aromatic rings. The molecule has 196 valence electrons. The third-order valence-electron chi connectivity index (χ3n) is 6.29. The maximum absolute atomic E-state index is 13.4. The van der Waals surface area contributed by atoms with Crippen LogP contribution in [0.1, 0.15) is 28.4 Å². The zero-order valence-electron chi connectivity index (χ0n) is 21.6. The van der Waals surface area contributed by atoms with Gasteiger partial charge in [-0.1, -0.05) is 48.5 Å². The van der Waals surface area contributed by atoms with Gasteiger partial charge in [-0.05, 0) is 65.7 Å². The van der Waals surface area contributed by atoms with Gasteiger partial charge in [0.15, 0.2) is 0 Å². The molecule has 39 heavy (non-hydrogen) atoms. The average molecular weight is 521 g/mol. The standard InChI is InChI=1S/C31H28N4O4/c1-20(29(36)34-24-14-10-22(19-32)11-15-24)33-31(38)28(18-21-12-16-25(39-2)17-13-21)35-30(37)27-9-5-7-23-6-3-4-8-26(23)27/h3-17,20,28H,18H2,1-2H3,(H,33,38)(H,34,36)(H,35,37)/t20-,28-/m0/s1. The molecule has 0 heterocycles. The van der Waals surface area contributed by atoms with Gasteiger partial charge in [-0.3, -0.25) is 14.4 Å². The highest BCUT2D eigenvalue weighted by Crippen LogP contribution is 2.19. The fraction of sp³-hybridized carbons (Fsp3) is 0.161. The molecule has 0 saturated heterocycles. The summed E-state index contributed by atoms with van der Waals surface area (Å²) in [6, 6.07) is 26.8. The maximum Gasteiger partial charge on any atom is 0.252 e. The minimum atomic E-state index is -0.949. The highest BCUT2D eigenvalue weighted by Gasteiger charge is 2.26. The number of anilines is 1. The predicted octanol–water partition coefficient (Wildman–Crippen LogP) is 4.20. The van der Waals surface area contributed by atoms with E-state index in [1.54, 1.807) is 62.6 Å². The van der Waals surface area contributed by atoms with E-state index in [1.165, 1.54) is 0 Å². The molecule has 0 aliphatic heterocycles. The number of rotatable bonds is 9. The molecule has 0 aliphatic rings. The van der Waals surface area contributed by atoms with E-state index in [4.69, 9.17) is 10.00 Å². The number of nitrogens with one attached hydrogen (secondary N) is 3. The lowest BCUT2D eigenvalue weighted by molar-refractivity contribution is -0.127. The van der Waals surface area contributed by atoms with Crippen LogP contribution in [0.2, 0.25) is 0 Å². The van der Waals surface area contributed by atoms with Crippen LogP contribution in [0.15, 0.2) is 91.0 Å². The van der Waals surface area contributed by atoms with Gasteiger partial charge in [-0.25, -0.2) is 0 Å². The van der Waals surface area contributed by atoms with Gasteiger partial charge in [-0.2, -0.15) is 5.26 Å². The first-order valence-corrected chi connectivity index (χ1v) is 12.4. The van der Waals surface area contributed by atoms with E-state index >= 15 is 0 Å². The molecule has 0 saturated carbocycles. The number of fused-ring (bicyclic) bond motifs is 1. The quantitative estimate of drug-likeness (QED) is 0.305. The lowest BCUT2D eigenvalue weighted by Crippen LogP contribution is -2.52. The number of nitrogens with zero attached hydrogens (tertiary/aromatic N) is 1. The van der Waals surface area contributed by atoms with Crippen molar-refractivity contribution in [3.8, 4) is 11.8 Å². The molecular weight excluding hydrogens is 492 g/mol. The molecule has 3 N–H and O–H groups in total. The number of hydrogen-bond donors (Lipinski definition) is 3. The van der Waals surface area contributed by atoms with E-state index in [0.717, 1.165) is 16.3 Å². The van der Waals surface area contributed by atoms with Crippen LogP contribution < -0.4 is 20.7 Å². The van der Waals surface area contributed by atoms with Crippen molar-refractivity contribution >= 4 is 34.2 Å². The van der Waals surface area contributed by atoms with Gasteiger partial charge in [0.1, 0.15) is 17.8 Å².